The van der Waals surface area contributed by atoms with E-state index in [1.807, 2.05) is 30.3 Å². The van der Waals surface area contributed by atoms with Gasteiger partial charge in [0.25, 0.3) is 0 Å². The third-order valence-corrected chi connectivity index (χ3v) is 6.02. The quantitative estimate of drug-likeness (QED) is 0.738. The molecule has 0 amide bonds. The molecule has 2 heteroatoms. The van der Waals surface area contributed by atoms with Gasteiger partial charge >= 0.3 is 0 Å². The molecule has 1 nitrogen and oxygen atoms in total. The van der Waals surface area contributed by atoms with E-state index in [0.29, 0.717) is 5.54 Å². The Morgan fingerprint density at radius 2 is 1.79 bits per heavy atom. The van der Waals surface area contributed by atoms with Crippen LogP contribution < -0.4 is 0 Å². The molecule has 0 heterocycles. The third-order valence-electron chi connectivity index (χ3n) is 3.25. The normalized spacial score (nSPS) is 31.6. The maximum Gasteiger partial charge on any atom is 0.0903 e. The largest absolute Gasteiger partial charge is 0.385 e. The Labute approximate surface area is 86.8 Å². The van der Waals surface area contributed by atoms with Gasteiger partial charge in [0.2, 0.25) is 0 Å². The van der Waals surface area contributed by atoms with E-state index < -0.39 is 13.7 Å². The summed E-state index contributed by atoms with van der Waals surface area (Å²) in [4.78, 5) is 0. The summed E-state index contributed by atoms with van der Waals surface area (Å²) in [6, 6.07) is 10.1. The van der Waals surface area contributed by atoms with Gasteiger partial charge in [-0.2, -0.15) is 0 Å². The molecule has 1 aromatic rings. The van der Waals surface area contributed by atoms with Gasteiger partial charge in [-0.05, 0) is 17.5 Å². The van der Waals surface area contributed by atoms with Gasteiger partial charge in [0.1, 0.15) is 0 Å². The molecule has 2 atom stereocenters. The van der Waals surface area contributed by atoms with Gasteiger partial charge in [0, 0.05) is 0 Å². The van der Waals surface area contributed by atoms with E-state index in [4.69, 9.17) is 0 Å². The number of benzene rings is 1. The molecule has 0 unspecified atom stereocenters. The topological polar surface area (TPSA) is 20.2 Å². The molecule has 14 heavy (non-hydrogen) atoms. The average molecular weight is 206 g/mol. The minimum Gasteiger partial charge on any atom is -0.385 e. The highest BCUT2D eigenvalue weighted by Crippen LogP contribution is 2.61. The maximum atomic E-state index is 10.4. The summed E-state index contributed by atoms with van der Waals surface area (Å²) in [5.41, 5.74) is 1.15. The van der Waals surface area contributed by atoms with Crippen LogP contribution in [0.1, 0.15) is 12.0 Å². The second-order valence-electron chi connectivity index (χ2n) is 5.41. The Hall–Kier alpha value is -0.603. The Balaban J connectivity index is 2.23. The van der Waals surface area contributed by atoms with E-state index in [-0.39, 0.29) is 0 Å². The summed E-state index contributed by atoms with van der Waals surface area (Å²) in [5.74, 6) is 0. The second kappa shape index (κ2) is 2.94. The summed E-state index contributed by atoms with van der Waals surface area (Å²) in [6.45, 7) is 7.00. The molecule has 0 aromatic heterocycles. The van der Waals surface area contributed by atoms with Crippen molar-refractivity contribution < 1.29 is 5.11 Å². The molecule has 0 bridgehead atoms. The van der Waals surface area contributed by atoms with Gasteiger partial charge in [-0.1, -0.05) is 50.0 Å². The zero-order valence-corrected chi connectivity index (χ0v) is 10.1. The first-order chi connectivity index (χ1) is 6.44. The van der Waals surface area contributed by atoms with Crippen LogP contribution in [-0.4, -0.2) is 13.2 Å². The van der Waals surface area contributed by atoms with Gasteiger partial charge in [-0.3, -0.25) is 0 Å². The SMILES string of the molecule is C[Si](C)(C)[C@H]1C[C@@]1(O)c1ccccc1. The lowest BCUT2D eigenvalue weighted by atomic mass is 10.1. The molecule has 0 spiro atoms. The predicted molar refractivity (Wildman–Crippen MR) is 62.1 cm³/mol. The maximum absolute atomic E-state index is 10.4. The molecule has 1 aromatic carbocycles. The zero-order valence-electron chi connectivity index (χ0n) is 9.12. The van der Waals surface area contributed by atoms with E-state index >= 15 is 0 Å². The second-order valence-corrected chi connectivity index (χ2v) is 10.8. The summed E-state index contributed by atoms with van der Waals surface area (Å²) >= 11 is 0. The van der Waals surface area contributed by atoms with Crippen molar-refractivity contribution in [2.24, 2.45) is 0 Å². The first-order valence-electron chi connectivity index (χ1n) is 5.22. The monoisotopic (exact) mass is 206 g/mol. The van der Waals surface area contributed by atoms with Crippen LogP contribution in [-0.2, 0) is 5.60 Å². The molecule has 0 radical (unpaired) electrons. The van der Waals surface area contributed by atoms with Crippen molar-refractivity contribution in [2.75, 3.05) is 0 Å². The van der Waals surface area contributed by atoms with Crippen molar-refractivity contribution >= 4 is 8.07 Å². The molecule has 0 saturated heterocycles. The molecule has 1 saturated carbocycles. The Morgan fingerprint density at radius 3 is 2.21 bits per heavy atom. The van der Waals surface area contributed by atoms with Crippen molar-refractivity contribution in [3.63, 3.8) is 0 Å². The van der Waals surface area contributed by atoms with E-state index in [1.54, 1.807) is 0 Å². The van der Waals surface area contributed by atoms with Crippen LogP contribution in [0.2, 0.25) is 25.2 Å². The average Bonchev–Trinajstić information content (AvgIpc) is 2.81. The van der Waals surface area contributed by atoms with Gasteiger partial charge in [0.05, 0.1) is 13.7 Å². The highest BCUT2D eigenvalue weighted by Gasteiger charge is 2.59. The van der Waals surface area contributed by atoms with Gasteiger partial charge in [0.15, 0.2) is 0 Å². The molecule has 1 fully saturated rings. The van der Waals surface area contributed by atoms with Crippen LogP contribution in [0.15, 0.2) is 30.3 Å². The molecule has 76 valence electrons. The Bertz CT molecular complexity index is 328. The molecule has 0 aliphatic heterocycles. The number of hydrogen-bond donors (Lipinski definition) is 1. The van der Waals surface area contributed by atoms with Crippen molar-refractivity contribution in [2.45, 2.75) is 37.2 Å². The molecule has 1 aliphatic carbocycles. The third kappa shape index (κ3) is 1.53. The van der Waals surface area contributed by atoms with Crippen LogP contribution in [0.3, 0.4) is 0 Å². The Morgan fingerprint density at radius 1 is 1.21 bits per heavy atom. The van der Waals surface area contributed by atoms with Crippen LogP contribution in [0.5, 0.6) is 0 Å². The van der Waals surface area contributed by atoms with Crippen LogP contribution in [0, 0.1) is 0 Å². The van der Waals surface area contributed by atoms with Gasteiger partial charge in [-0.25, -0.2) is 0 Å². The minimum absolute atomic E-state index is 0.494. The molecular weight excluding hydrogens is 188 g/mol. The van der Waals surface area contributed by atoms with Crippen molar-refractivity contribution in [1.29, 1.82) is 0 Å². The first kappa shape index (κ1) is 9.93. The Kier molecular flexibility index (Phi) is 2.09. The van der Waals surface area contributed by atoms with E-state index in [1.165, 1.54) is 0 Å². The van der Waals surface area contributed by atoms with Crippen molar-refractivity contribution in [3.05, 3.63) is 35.9 Å². The first-order valence-corrected chi connectivity index (χ1v) is 8.80. The van der Waals surface area contributed by atoms with Gasteiger partial charge < -0.3 is 5.11 Å². The fraction of sp³-hybridized carbons (Fsp3) is 0.500. The van der Waals surface area contributed by atoms with E-state index in [2.05, 4.69) is 19.6 Å². The van der Waals surface area contributed by atoms with Crippen LogP contribution >= 0.6 is 0 Å². The van der Waals surface area contributed by atoms with Gasteiger partial charge in [-0.15, -0.1) is 0 Å². The number of rotatable bonds is 2. The van der Waals surface area contributed by atoms with Crippen molar-refractivity contribution in [1.82, 2.24) is 0 Å². The standard InChI is InChI=1S/C12H18OSi/c1-14(2,3)11-9-12(11,13)10-7-5-4-6-8-10/h4-8,11,13H,9H2,1-3H3/t11-,12+/m0/s1. The molecule has 1 N–H and O–H groups in total. The summed E-state index contributed by atoms with van der Waals surface area (Å²) in [7, 11) is -1.19. The fourth-order valence-electron chi connectivity index (χ4n) is 2.32. The van der Waals surface area contributed by atoms with Crippen molar-refractivity contribution in [3.8, 4) is 0 Å². The smallest absolute Gasteiger partial charge is 0.0903 e. The number of aliphatic hydroxyl groups is 1. The number of hydrogen-bond acceptors (Lipinski definition) is 1. The van der Waals surface area contributed by atoms with E-state index in [0.717, 1.165) is 12.0 Å². The summed E-state index contributed by atoms with van der Waals surface area (Å²) < 4.78 is 0. The highest BCUT2D eigenvalue weighted by atomic mass is 28.3. The highest BCUT2D eigenvalue weighted by molar-refractivity contribution is 6.78. The molecule has 2 rings (SSSR count). The summed E-state index contributed by atoms with van der Waals surface area (Å²) in [6.07, 6.45) is 0.965. The van der Waals surface area contributed by atoms with Crippen LogP contribution in [0.25, 0.3) is 0 Å². The van der Waals surface area contributed by atoms with E-state index in [9.17, 15) is 5.11 Å². The molecule has 1 aliphatic rings. The lowest BCUT2D eigenvalue weighted by Crippen LogP contribution is -2.25. The fourth-order valence-corrected chi connectivity index (χ4v) is 4.84. The lowest BCUT2D eigenvalue weighted by Gasteiger charge is -2.19. The zero-order chi connectivity index (χ0) is 10.4. The minimum atomic E-state index is -1.19. The lowest BCUT2D eigenvalue weighted by molar-refractivity contribution is 0.150. The predicted octanol–water partition coefficient (Wildman–Crippen LogP) is 2.99. The van der Waals surface area contributed by atoms with Crippen LogP contribution in [0.4, 0.5) is 0 Å². The summed E-state index contributed by atoms with van der Waals surface area (Å²) in [5, 5.41) is 10.4. The molecular formula is C12H18OSi.